The van der Waals surface area contributed by atoms with Crippen molar-refractivity contribution in [2.45, 2.75) is 215 Å². The average Bonchev–Trinajstić information content (AvgIpc) is 1.48. The minimum Gasteiger partial charge on any atom is -0.459 e. The number of epoxide rings is 1. The maximum absolute atomic E-state index is 16.7. The van der Waals surface area contributed by atoms with Gasteiger partial charge in [0.05, 0.1) is 24.0 Å². The zero-order valence-corrected chi connectivity index (χ0v) is 51.7. The molecule has 0 radical (unpaired) electrons. The molecule has 3 saturated carbocycles. The molecule has 15 nitrogen and oxygen atoms in total. The maximum Gasteiger partial charge on any atom is 0.350 e. The lowest BCUT2D eigenvalue weighted by atomic mass is 9.50. The summed E-state index contributed by atoms with van der Waals surface area (Å²) in [6, 6.07) is 5.74. The van der Waals surface area contributed by atoms with Crippen LogP contribution in [-0.2, 0) is 20.7 Å². The third-order valence-electron chi connectivity index (χ3n) is 24.1. The number of aliphatic imine (C=N–C) groups is 1. The number of guanidine groups is 1. The molecule has 1 unspecified atom stereocenters. The van der Waals surface area contributed by atoms with Crippen LogP contribution in [0.25, 0.3) is 0 Å². The van der Waals surface area contributed by atoms with Crippen LogP contribution >= 0.6 is 0 Å². The molecule has 462 valence electrons. The molecule has 15 heteroatoms. The first-order valence-electron chi connectivity index (χ1n) is 33.8. The number of nitrogens with two attached hydrogens (primary N) is 1. The van der Waals surface area contributed by atoms with Crippen LogP contribution in [0.3, 0.4) is 0 Å². The SMILES string of the molecule is CN=C1NCCC[C@@](C/C(C)=C/C[C@@]23O[C@@]24C(=O)O[C@@H]2[C@@H]5C[C@H](O)C[C@@H]6CCC7=CC(=CNC7N)C[C@@](C)(CCCC[C@H]7CC=CC8=C[C@@](NCC9CCCCC9)(C[C@H]65)[C@@H]2C[C@H]87)Cc2cccc(c2C4=O)C3=O)(C2=CCNC3=C2CC[C@H](NC)N3)N1. The molecule has 13 aliphatic rings. The fourth-order valence-electron chi connectivity index (χ4n) is 19.8. The molecule has 6 aliphatic carbocycles. The number of aliphatic hydroxyl groups excluding tert-OH is 1. The van der Waals surface area contributed by atoms with E-state index in [1.54, 1.807) is 6.07 Å². The van der Waals surface area contributed by atoms with Crippen molar-refractivity contribution in [2.24, 2.45) is 57.6 Å². The van der Waals surface area contributed by atoms with Crippen LogP contribution in [0.5, 0.6) is 0 Å². The summed E-state index contributed by atoms with van der Waals surface area (Å²) in [5, 5.41) is 38.4. The third-order valence-corrected chi connectivity index (χ3v) is 24.1. The molecule has 7 heterocycles. The van der Waals surface area contributed by atoms with Crippen molar-refractivity contribution in [1.29, 1.82) is 0 Å². The lowest BCUT2D eigenvalue weighted by molar-refractivity contribution is -0.180. The van der Waals surface area contributed by atoms with Crippen LogP contribution in [0, 0.1) is 46.8 Å². The Balaban J connectivity index is 0.910. The summed E-state index contributed by atoms with van der Waals surface area (Å²) in [5.74, 6) is 1.43. The van der Waals surface area contributed by atoms with Gasteiger partial charge in [-0.05, 0) is 205 Å². The number of rotatable bonds is 9. The van der Waals surface area contributed by atoms with Crippen molar-refractivity contribution < 1.29 is 29.0 Å². The number of allylic oxidation sites excluding steroid dienone is 5. The van der Waals surface area contributed by atoms with E-state index in [4.69, 9.17) is 15.2 Å². The van der Waals surface area contributed by atoms with Crippen LogP contribution in [0.1, 0.15) is 188 Å². The van der Waals surface area contributed by atoms with Crippen molar-refractivity contribution in [3.8, 4) is 0 Å². The second-order valence-electron chi connectivity index (χ2n) is 29.5. The number of carbonyl (C=O) groups excluding carboxylic acids is 3. The van der Waals surface area contributed by atoms with Crippen molar-refractivity contribution in [3.63, 3.8) is 0 Å². The molecule has 15 atom stereocenters. The quantitative estimate of drug-likeness (QED) is 0.0489. The van der Waals surface area contributed by atoms with Crippen molar-refractivity contribution in [1.82, 2.24) is 37.2 Å². The summed E-state index contributed by atoms with van der Waals surface area (Å²) in [6.45, 7) is 6.81. The Labute approximate surface area is 510 Å². The van der Waals surface area contributed by atoms with E-state index < -0.39 is 46.2 Å². The number of nitrogens with zero attached hydrogens (tertiary/aromatic N) is 1. The summed E-state index contributed by atoms with van der Waals surface area (Å²) in [6.07, 6.45) is 36.2. The first-order valence-corrected chi connectivity index (χ1v) is 33.8. The van der Waals surface area contributed by atoms with E-state index in [1.807, 2.05) is 26.2 Å². The van der Waals surface area contributed by atoms with Crippen LogP contribution in [0.15, 0.2) is 105 Å². The van der Waals surface area contributed by atoms with Crippen LogP contribution in [0.4, 0.5) is 0 Å². The molecule has 11 bridgehead atoms. The highest BCUT2D eigenvalue weighted by Crippen LogP contribution is 2.63. The molecule has 14 rings (SSSR count). The third kappa shape index (κ3) is 10.1. The van der Waals surface area contributed by atoms with Gasteiger partial charge in [0.25, 0.3) is 5.60 Å². The topological polar surface area (TPSA) is 216 Å². The summed E-state index contributed by atoms with van der Waals surface area (Å²) in [5.41, 5.74) is 10.2. The molecular weight excluding hydrogens is 1070 g/mol. The monoisotopic (exact) mass is 1170 g/mol. The van der Waals surface area contributed by atoms with Gasteiger partial charge in [0.15, 0.2) is 17.3 Å². The Morgan fingerprint density at radius 1 is 0.942 bits per heavy atom. The highest BCUT2D eigenvalue weighted by atomic mass is 16.7. The van der Waals surface area contributed by atoms with Gasteiger partial charge in [-0.25, -0.2) is 4.79 Å². The summed E-state index contributed by atoms with van der Waals surface area (Å²) >= 11 is 0. The lowest BCUT2D eigenvalue weighted by Crippen LogP contribution is -2.67. The van der Waals surface area contributed by atoms with Gasteiger partial charge in [-0.1, -0.05) is 99.3 Å². The maximum atomic E-state index is 16.7. The number of Topliss-reactive ketones (excluding diaryl/α,β-unsaturated/α-hetero) is 2. The van der Waals surface area contributed by atoms with Crippen molar-refractivity contribution in [3.05, 3.63) is 117 Å². The second-order valence-corrected chi connectivity index (χ2v) is 29.5. The molecule has 1 aromatic carbocycles. The van der Waals surface area contributed by atoms with Gasteiger partial charge in [-0.15, -0.1) is 0 Å². The molecule has 7 aliphatic heterocycles. The van der Waals surface area contributed by atoms with Crippen molar-refractivity contribution >= 4 is 23.5 Å². The number of aliphatic hydroxyl groups is 1. The Morgan fingerprint density at radius 3 is 2.65 bits per heavy atom. The lowest BCUT2D eigenvalue weighted by Gasteiger charge is -2.60. The van der Waals surface area contributed by atoms with Gasteiger partial charge in [-0.2, -0.15) is 0 Å². The number of benzene rings is 1. The number of fused-ring (bicyclic) bond motifs is 3. The van der Waals surface area contributed by atoms with Gasteiger partial charge in [0.2, 0.25) is 5.78 Å². The normalized spacial score (nSPS) is 40.8. The number of hydrogen-bond donors (Lipinski definition) is 9. The van der Waals surface area contributed by atoms with Crippen molar-refractivity contribution in [2.75, 3.05) is 33.7 Å². The van der Waals surface area contributed by atoms with Gasteiger partial charge in [-0.3, -0.25) is 14.6 Å². The number of hydrogen-bond acceptors (Lipinski definition) is 13. The largest absolute Gasteiger partial charge is 0.459 e. The van der Waals surface area contributed by atoms with Gasteiger partial charge >= 0.3 is 5.97 Å². The van der Waals surface area contributed by atoms with E-state index in [9.17, 15) is 5.11 Å². The number of carbonyl (C=O) groups is 3. The molecule has 0 aromatic heterocycles. The Morgan fingerprint density at radius 2 is 1.80 bits per heavy atom. The van der Waals surface area contributed by atoms with Crippen LogP contribution in [-0.4, -0.2) is 109 Å². The van der Waals surface area contributed by atoms with Crippen LogP contribution < -0.4 is 43.0 Å². The Hall–Kier alpha value is -5.32. The van der Waals surface area contributed by atoms with E-state index in [0.717, 1.165) is 126 Å². The number of dihydropyridines is 2. The second kappa shape index (κ2) is 22.9. The van der Waals surface area contributed by atoms with Crippen LogP contribution in [0.2, 0.25) is 0 Å². The molecule has 5 fully saturated rings. The number of esters is 1. The summed E-state index contributed by atoms with van der Waals surface area (Å²) in [7, 11) is 3.81. The predicted molar refractivity (Wildman–Crippen MR) is 335 cm³/mol. The highest BCUT2D eigenvalue weighted by Gasteiger charge is 2.86. The van der Waals surface area contributed by atoms with E-state index in [-0.39, 0.29) is 59.5 Å². The number of ketones is 2. The number of ether oxygens (including phenoxy) is 2. The fraction of sp³-hybridized carbons (Fsp3) is 0.662. The molecule has 2 saturated heterocycles. The summed E-state index contributed by atoms with van der Waals surface area (Å²) < 4.78 is 14.5. The smallest absolute Gasteiger partial charge is 0.350 e. The van der Waals surface area contributed by atoms with Gasteiger partial charge in [0.1, 0.15) is 11.9 Å². The predicted octanol–water partition coefficient (Wildman–Crippen LogP) is 9.04. The zero-order valence-electron chi connectivity index (χ0n) is 51.7. The zero-order chi connectivity index (χ0) is 59.2. The minimum atomic E-state index is -2.20. The number of nitrogens with one attached hydrogen (secondary N) is 7. The average molecular weight is 1170 g/mol. The molecule has 0 amide bonds. The first-order chi connectivity index (χ1) is 41.7. The molecule has 1 aromatic rings. The molecular formula is C71H97N9O6. The molecule has 10 N–H and O–H groups in total. The Bertz CT molecular complexity index is 3150. The van der Waals surface area contributed by atoms with E-state index in [0.29, 0.717) is 55.2 Å². The minimum absolute atomic E-state index is 0.0247. The highest BCUT2D eigenvalue weighted by molar-refractivity contribution is 6.33. The fourth-order valence-corrected chi connectivity index (χ4v) is 19.8. The molecule has 1 spiro atoms. The summed E-state index contributed by atoms with van der Waals surface area (Å²) in [4.78, 5) is 54.1. The van der Waals surface area contributed by atoms with Gasteiger partial charge in [0, 0.05) is 61.3 Å². The van der Waals surface area contributed by atoms with E-state index in [2.05, 4.69) is 98.7 Å². The van der Waals surface area contributed by atoms with E-state index >= 15 is 14.4 Å². The Kier molecular flexibility index (Phi) is 15.6. The molecule has 86 heavy (non-hydrogen) atoms. The standard InChI is InChI=1S/C71H97N9O6/c1-42(35-68(27-12-29-76-66(74-4)80-68)56-25-30-75-64-51(56)22-23-58(73-3)79-64)24-28-70-61(82)52-19-11-18-49-37-67(2)26-9-8-15-45-16-10-17-48-38-69(78-41-43-13-6-5-7-14-43)39-55-46(20-21-47-31-44(36-67)40-77-63(47)72)32-50(81)33-54(55)60(57(69)34-53(45)48)85-65(84)71(70,86-70)62(83)59(49)52/h10-11,17-19,24-25,31,38,40,43,45-46,50,53-55,57-58,60,63,73,75,77-79,81H,5-9,12-16,20-23,26-30,32-37,39,41,72H2,1-4H3,(H2,74,76,80)/b42-24+/t45-,46-,50+,53-,54+,55+,57+,58+,60+,63?,67+,68+,69+,70-,71-/m0/s1. The van der Waals surface area contributed by atoms with E-state index in [1.165, 1.54) is 60.0 Å². The first kappa shape index (κ1) is 58.4. The van der Waals surface area contributed by atoms with Gasteiger partial charge < -0.3 is 57.5 Å².